The first-order valence-electron chi connectivity index (χ1n) is 6.26. The van der Waals surface area contributed by atoms with Crippen LogP contribution in [-0.2, 0) is 4.79 Å². The highest BCUT2D eigenvalue weighted by molar-refractivity contribution is 6.02. The molecule has 0 radical (unpaired) electrons. The molecule has 0 saturated heterocycles. The number of anilines is 1. The van der Waals surface area contributed by atoms with Crippen molar-refractivity contribution in [2.24, 2.45) is 0 Å². The zero-order valence-electron chi connectivity index (χ0n) is 11.1. The summed E-state index contributed by atoms with van der Waals surface area (Å²) in [6, 6.07) is 7.16. The summed E-state index contributed by atoms with van der Waals surface area (Å²) in [7, 11) is 0. The van der Waals surface area contributed by atoms with Gasteiger partial charge in [0, 0.05) is 24.7 Å². The Labute approximate surface area is 117 Å². The lowest BCUT2D eigenvalue weighted by Crippen LogP contribution is -2.10. The molecule has 20 heavy (non-hydrogen) atoms. The lowest BCUT2D eigenvalue weighted by molar-refractivity contribution is -0.111. The average molecular weight is 269 g/mol. The van der Waals surface area contributed by atoms with Crippen molar-refractivity contribution >= 4 is 17.7 Å². The molecular weight excluding hydrogens is 254 g/mol. The van der Waals surface area contributed by atoms with Gasteiger partial charge in [-0.15, -0.1) is 0 Å². The van der Waals surface area contributed by atoms with Gasteiger partial charge in [0.05, 0.1) is 6.61 Å². The topological polar surface area (TPSA) is 64.1 Å². The van der Waals surface area contributed by atoms with Crippen molar-refractivity contribution in [1.29, 1.82) is 0 Å². The van der Waals surface area contributed by atoms with Crippen LogP contribution >= 0.6 is 0 Å². The first kappa shape index (κ1) is 13.7. The maximum atomic E-state index is 11.8. The molecular formula is C15H15N3O2. The Morgan fingerprint density at radius 1 is 1.35 bits per heavy atom. The maximum absolute atomic E-state index is 11.8. The highest BCUT2D eigenvalue weighted by atomic mass is 16.5. The van der Waals surface area contributed by atoms with E-state index in [0.717, 1.165) is 5.56 Å². The molecule has 0 aromatic carbocycles. The van der Waals surface area contributed by atoms with E-state index < -0.39 is 0 Å². The first-order valence-corrected chi connectivity index (χ1v) is 6.26. The predicted octanol–water partition coefficient (Wildman–Crippen LogP) is 2.53. The monoisotopic (exact) mass is 269 g/mol. The minimum absolute atomic E-state index is 0.247. The number of ether oxygens (including phenoxy) is 1. The van der Waals surface area contributed by atoms with E-state index in [2.05, 4.69) is 15.3 Å². The molecule has 1 amide bonds. The fraction of sp³-hybridized carbons (Fsp3) is 0.133. The number of carbonyl (C=O) groups excluding carboxylic acids is 1. The van der Waals surface area contributed by atoms with Crippen molar-refractivity contribution in [3.05, 3.63) is 54.5 Å². The molecule has 5 nitrogen and oxygen atoms in total. The van der Waals surface area contributed by atoms with Gasteiger partial charge in [-0.2, -0.15) is 0 Å². The molecule has 5 heteroatoms. The van der Waals surface area contributed by atoms with Crippen LogP contribution in [0.4, 0.5) is 5.69 Å². The van der Waals surface area contributed by atoms with Crippen molar-refractivity contribution in [3.63, 3.8) is 0 Å². The number of nitrogens with zero attached hydrogens (tertiary/aromatic N) is 2. The number of hydrogen-bond donors (Lipinski definition) is 1. The van der Waals surface area contributed by atoms with Crippen LogP contribution in [0, 0.1) is 0 Å². The van der Waals surface area contributed by atoms with Gasteiger partial charge >= 0.3 is 0 Å². The minimum Gasteiger partial charge on any atom is -0.476 e. The zero-order valence-corrected chi connectivity index (χ0v) is 11.1. The zero-order chi connectivity index (χ0) is 14.2. The summed E-state index contributed by atoms with van der Waals surface area (Å²) in [6.45, 7) is 2.36. The number of nitrogens with one attached hydrogen (secondary N) is 1. The standard InChI is InChI=1S/C15H15N3O2/c1-2-20-15-13(6-4-10-17-15)18-14(19)8-7-12-5-3-9-16-11-12/h3-11H,2H2,1H3,(H,18,19)/b8-7-. The normalized spacial score (nSPS) is 10.4. The van der Waals surface area contributed by atoms with Crippen LogP contribution in [0.5, 0.6) is 5.88 Å². The summed E-state index contributed by atoms with van der Waals surface area (Å²) in [6.07, 6.45) is 8.12. The Morgan fingerprint density at radius 2 is 2.20 bits per heavy atom. The van der Waals surface area contributed by atoms with Crippen LogP contribution < -0.4 is 10.1 Å². The molecule has 102 valence electrons. The van der Waals surface area contributed by atoms with Gasteiger partial charge in [0.2, 0.25) is 11.8 Å². The first-order chi connectivity index (χ1) is 9.79. The fourth-order valence-electron chi connectivity index (χ4n) is 1.56. The summed E-state index contributed by atoms with van der Waals surface area (Å²) in [5.41, 5.74) is 1.41. The van der Waals surface area contributed by atoms with Gasteiger partial charge in [0.1, 0.15) is 5.69 Å². The van der Waals surface area contributed by atoms with Gasteiger partial charge in [-0.1, -0.05) is 6.07 Å². The highest BCUT2D eigenvalue weighted by Gasteiger charge is 2.05. The number of aromatic nitrogens is 2. The van der Waals surface area contributed by atoms with E-state index in [1.54, 1.807) is 36.8 Å². The average Bonchev–Trinajstić information content (AvgIpc) is 2.49. The van der Waals surface area contributed by atoms with Crippen LogP contribution in [-0.4, -0.2) is 22.5 Å². The molecule has 0 aliphatic rings. The summed E-state index contributed by atoms with van der Waals surface area (Å²) in [5, 5.41) is 2.73. The van der Waals surface area contributed by atoms with E-state index >= 15 is 0 Å². The van der Waals surface area contributed by atoms with Crippen LogP contribution in [0.2, 0.25) is 0 Å². The Bertz CT molecular complexity index is 597. The van der Waals surface area contributed by atoms with Gasteiger partial charge in [-0.05, 0) is 36.8 Å². The molecule has 2 heterocycles. The smallest absolute Gasteiger partial charge is 0.248 e. The van der Waals surface area contributed by atoms with Crippen molar-refractivity contribution < 1.29 is 9.53 Å². The molecule has 0 unspecified atom stereocenters. The number of carbonyl (C=O) groups is 1. The third-order valence-corrected chi connectivity index (χ3v) is 2.42. The summed E-state index contributed by atoms with van der Waals surface area (Å²) >= 11 is 0. The second kappa shape index (κ2) is 7.04. The SMILES string of the molecule is CCOc1ncccc1NC(=O)/C=C\c1cccnc1. The van der Waals surface area contributed by atoms with Crippen molar-refractivity contribution in [3.8, 4) is 5.88 Å². The Hall–Kier alpha value is -2.69. The van der Waals surface area contributed by atoms with E-state index in [4.69, 9.17) is 4.74 Å². The second-order valence-electron chi connectivity index (χ2n) is 3.90. The molecule has 0 saturated carbocycles. The van der Waals surface area contributed by atoms with Crippen molar-refractivity contribution in [2.45, 2.75) is 6.92 Å². The van der Waals surface area contributed by atoms with Gasteiger partial charge in [-0.25, -0.2) is 4.98 Å². The Morgan fingerprint density at radius 3 is 2.95 bits per heavy atom. The molecule has 0 bridgehead atoms. The third-order valence-electron chi connectivity index (χ3n) is 2.42. The van der Waals surface area contributed by atoms with Crippen molar-refractivity contribution in [2.75, 3.05) is 11.9 Å². The van der Waals surface area contributed by atoms with E-state index in [1.165, 1.54) is 6.08 Å². The largest absolute Gasteiger partial charge is 0.476 e. The van der Waals surface area contributed by atoms with E-state index in [1.807, 2.05) is 19.1 Å². The lowest BCUT2D eigenvalue weighted by atomic mass is 10.2. The fourth-order valence-corrected chi connectivity index (χ4v) is 1.56. The predicted molar refractivity (Wildman–Crippen MR) is 77.3 cm³/mol. The van der Waals surface area contributed by atoms with Gasteiger partial charge in [-0.3, -0.25) is 9.78 Å². The van der Waals surface area contributed by atoms with Crippen LogP contribution in [0.3, 0.4) is 0 Å². The number of amides is 1. The summed E-state index contributed by atoms with van der Waals surface area (Å²) in [5.74, 6) is 0.168. The van der Waals surface area contributed by atoms with E-state index in [0.29, 0.717) is 18.2 Å². The Kier molecular flexibility index (Phi) is 4.83. The van der Waals surface area contributed by atoms with Crippen LogP contribution in [0.1, 0.15) is 12.5 Å². The lowest BCUT2D eigenvalue weighted by Gasteiger charge is -2.08. The molecule has 0 aliphatic heterocycles. The summed E-state index contributed by atoms with van der Waals surface area (Å²) in [4.78, 5) is 19.9. The number of hydrogen-bond acceptors (Lipinski definition) is 4. The Balaban J connectivity index is 2.03. The highest BCUT2D eigenvalue weighted by Crippen LogP contribution is 2.20. The maximum Gasteiger partial charge on any atom is 0.248 e. The van der Waals surface area contributed by atoms with Gasteiger partial charge in [0.25, 0.3) is 0 Å². The third kappa shape index (κ3) is 3.91. The molecule has 1 N–H and O–H groups in total. The van der Waals surface area contributed by atoms with Gasteiger partial charge < -0.3 is 10.1 Å². The second-order valence-corrected chi connectivity index (χ2v) is 3.90. The molecule has 2 aromatic heterocycles. The number of rotatable bonds is 5. The summed E-state index contributed by atoms with van der Waals surface area (Å²) < 4.78 is 5.34. The molecule has 2 rings (SSSR count). The quantitative estimate of drug-likeness (QED) is 0.847. The molecule has 0 atom stereocenters. The molecule has 0 spiro atoms. The molecule has 0 aliphatic carbocycles. The van der Waals surface area contributed by atoms with Gasteiger partial charge in [0.15, 0.2) is 0 Å². The molecule has 2 aromatic rings. The van der Waals surface area contributed by atoms with Crippen LogP contribution in [0.15, 0.2) is 48.9 Å². The molecule has 0 fully saturated rings. The van der Waals surface area contributed by atoms with Crippen molar-refractivity contribution in [1.82, 2.24) is 9.97 Å². The minimum atomic E-state index is -0.247. The van der Waals surface area contributed by atoms with E-state index in [9.17, 15) is 4.79 Å². The van der Waals surface area contributed by atoms with E-state index in [-0.39, 0.29) is 5.91 Å². The number of pyridine rings is 2. The van der Waals surface area contributed by atoms with Crippen LogP contribution in [0.25, 0.3) is 6.08 Å².